The molecule has 0 aliphatic carbocycles. The molecule has 0 atom stereocenters. The third-order valence-corrected chi connectivity index (χ3v) is 7.45. The van der Waals surface area contributed by atoms with E-state index in [4.69, 9.17) is 11.6 Å². The molecule has 152 valence electrons. The quantitative estimate of drug-likeness (QED) is 0.564. The van der Waals surface area contributed by atoms with E-state index in [1.807, 2.05) is 18.2 Å². The van der Waals surface area contributed by atoms with E-state index in [2.05, 4.69) is 10.3 Å². The highest BCUT2D eigenvalue weighted by atomic mass is 35.5. The fraction of sp³-hybridized carbons (Fsp3) is 0.200. The van der Waals surface area contributed by atoms with Crippen molar-refractivity contribution in [3.8, 4) is 11.3 Å². The molecule has 1 N–H and O–H groups in total. The van der Waals surface area contributed by atoms with Crippen LogP contribution in [0, 0.1) is 0 Å². The van der Waals surface area contributed by atoms with E-state index >= 15 is 0 Å². The second-order valence-electron chi connectivity index (χ2n) is 6.09. The Balaban J connectivity index is 1.81. The van der Waals surface area contributed by atoms with Gasteiger partial charge in [-0.1, -0.05) is 49.7 Å². The maximum atomic E-state index is 12.7. The maximum Gasteiger partial charge on any atom is 0.257 e. The van der Waals surface area contributed by atoms with E-state index in [-0.39, 0.29) is 10.5 Å². The van der Waals surface area contributed by atoms with Crippen LogP contribution in [0.25, 0.3) is 11.3 Å². The van der Waals surface area contributed by atoms with Gasteiger partial charge in [0.05, 0.1) is 10.6 Å². The number of anilines is 1. The number of carbonyl (C=O) groups excluding carboxylic acids is 1. The largest absolute Gasteiger partial charge is 0.298 e. The minimum atomic E-state index is -3.64. The summed E-state index contributed by atoms with van der Waals surface area (Å²) >= 11 is 7.47. The van der Waals surface area contributed by atoms with Crippen molar-refractivity contribution in [3.63, 3.8) is 0 Å². The Labute approximate surface area is 179 Å². The first-order valence-corrected chi connectivity index (χ1v) is 11.7. The van der Waals surface area contributed by atoms with Crippen molar-refractivity contribution < 1.29 is 13.2 Å². The van der Waals surface area contributed by atoms with Gasteiger partial charge in [0.1, 0.15) is 0 Å². The number of nitrogens with one attached hydrogen (secondary N) is 1. The summed E-state index contributed by atoms with van der Waals surface area (Å²) in [5.74, 6) is -0.429. The molecule has 3 rings (SSSR count). The summed E-state index contributed by atoms with van der Waals surface area (Å²) in [5, 5.41) is 5.50. The lowest BCUT2D eigenvalue weighted by Gasteiger charge is -2.18. The molecule has 0 unspecified atom stereocenters. The van der Waals surface area contributed by atoms with Gasteiger partial charge in [-0.2, -0.15) is 4.31 Å². The monoisotopic (exact) mass is 449 g/mol. The molecule has 0 aliphatic rings. The standard InChI is InChI=1S/C20H20ClN3O3S2/c1-3-24(4-2)29(26,27)15-9-7-8-14(12-15)19(25)23-20-22-18(13-28-20)16-10-5-6-11-17(16)21/h5-13H,3-4H2,1-2H3,(H,22,23,25). The smallest absolute Gasteiger partial charge is 0.257 e. The van der Waals surface area contributed by atoms with Crippen LogP contribution in [-0.4, -0.2) is 36.7 Å². The van der Waals surface area contributed by atoms with Gasteiger partial charge in [0.2, 0.25) is 10.0 Å². The first kappa shape index (κ1) is 21.4. The highest BCUT2D eigenvalue weighted by Gasteiger charge is 2.22. The van der Waals surface area contributed by atoms with Crippen molar-refractivity contribution in [2.75, 3.05) is 18.4 Å². The summed E-state index contributed by atoms with van der Waals surface area (Å²) in [6, 6.07) is 13.3. The predicted molar refractivity (Wildman–Crippen MR) is 117 cm³/mol. The van der Waals surface area contributed by atoms with Crippen LogP contribution in [0.1, 0.15) is 24.2 Å². The highest BCUT2D eigenvalue weighted by molar-refractivity contribution is 7.89. The summed E-state index contributed by atoms with van der Waals surface area (Å²) in [5.41, 5.74) is 1.68. The average molecular weight is 450 g/mol. The lowest BCUT2D eigenvalue weighted by molar-refractivity contribution is 0.102. The Kier molecular flexibility index (Phi) is 6.69. The first-order chi connectivity index (χ1) is 13.9. The van der Waals surface area contributed by atoms with Crippen LogP contribution in [-0.2, 0) is 10.0 Å². The second-order valence-corrected chi connectivity index (χ2v) is 9.29. The molecule has 0 saturated carbocycles. The van der Waals surface area contributed by atoms with E-state index in [1.165, 1.54) is 27.8 Å². The van der Waals surface area contributed by atoms with E-state index in [0.717, 1.165) is 5.56 Å². The molecule has 3 aromatic rings. The number of sulfonamides is 1. The van der Waals surface area contributed by atoms with Gasteiger partial charge in [0, 0.05) is 34.6 Å². The Hall–Kier alpha value is -2.26. The van der Waals surface area contributed by atoms with Crippen molar-refractivity contribution in [3.05, 3.63) is 64.5 Å². The summed E-state index contributed by atoms with van der Waals surface area (Å²) < 4.78 is 26.7. The molecule has 0 aliphatic heterocycles. The normalized spacial score (nSPS) is 11.6. The van der Waals surface area contributed by atoms with Crippen LogP contribution in [0.15, 0.2) is 58.8 Å². The van der Waals surface area contributed by atoms with E-state index < -0.39 is 15.9 Å². The van der Waals surface area contributed by atoms with Gasteiger partial charge >= 0.3 is 0 Å². The summed E-state index contributed by atoms with van der Waals surface area (Å²) in [4.78, 5) is 17.1. The van der Waals surface area contributed by atoms with Gasteiger partial charge in [0.15, 0.2) is 5.13 Å². The van der Waals surface area contributed by atoms with Crippen LogP contribution in [0.5, 0.6) is 0 Å². The third-order valence-electron chi connectivity index (χ3n) is 4.31. The molecule has 29 heavy (non-hydrogen) atoms. The Morgan fingerprint density at radius 1 is 1.14 bits per heavy atom. The number of carbonyl (C=O) groups is 1. The van der Waals surface area contributed by atoms with Crippen LogP contribution >= 0.6 is 22.9 Å². The topological polar surface area (TPSA) is 79.4 Å². The maximum absolute atomic E-state index is 12.7. The van der Waals surface area contributed by atoms with E-state index in [1.54, 1.807) is 37.4 Å². The fourth-order valence-corrected chi connectivity index (χ4v) is 5.25. The van der Waals surface area contributed by atoms with Gasteiger partial charge in [0.25, 0.3) is 5.91 Å². The van der Waals surface area contributed by atoms with Gasteiger partial charge in [-0.25, -0.2) is 13.4 Å². The van der Waals surface area contributed by atoms with Crippen LogP contribution in [0.3, 0.4) is 0 Å². The van der Waals surface area contributed by atoms with Crippen LogP contribution in [0.4, 0.5) is 5.13 Å². The number of halogens is 1. The molecule has 2 aromatic carbocycles. The highest BCUT2D eigenvalue weighted by Crippen LogP contribution is 2.30. The van der Waals surface area contributed by atoms with Gasteiger partial charge in [-0.3, -0.25) is 10.1 Å². The first-order valence-electron chi connectivity index (χ1n) is 8.98. The van der Waals surface area contributed by atoms with Gasteiger partial charge in [-0.15, -0.1) is 11.3 Å². The molecule has 0 bridgehead atoms. The Bertz CT molecular complexity index is 1130. The molecule has 0 saturated heterocycles. The number of rotatable bonds is 7. The zero-order valence-corrected chi connectivity index (χ0v) is 18.3. The zero-order chi connectivity index (χ0) is 21.0. The molecule has 9 heteroatoms. The minimum Gasteiger partial charge on any atom is -0.298 e. The summed E-state index contributed by atoms with van der Waals surface area (Å²) in [6.07, 6.45) is 0. The van der Waals surface area contributed by atoms with Crippen molar-refractivity contribution in [2.24, 2.45) is 0 Å². The third kappa shape index (κ3) is 4.67. The molecule has 1 aromatic heterocycles. The van der Waals surface area contributed by atoms with Crippen molar-refractivity contribution in [1.82, 2.24) is 9.29 Å². The molecule has 6 nitrogen and oxygen atoms in total. The average Bonchev–Trinajstić information content (AvgIpc) is 3.17. The van der Waals surface area contributed by atoms with Crippen molar-refractivity contribution >= 4 is 44.0 Å². The van der Waals surface area contributed by atoms with Crippen LogP contribution < -0.4 is 5.32 Å². The van der Waals surface area contributed by atoms with Gasteiger partial charge < -0.3 is 0 Å². The lowest BCUT2D eigenvalue weighted by Crippen LogP contribution is -2.30. The Morgan fingerprint density at radius 2 is 1.86 bits per heavy atom. The number of hydrogen-bond acceptors (Lipinski definition) is 5. The molecule has 0 radical (unpaired) electrons. The molecule has 0 fully saturated rings. The minimum absolute atomic E-state index is 0.0877. The Morgan fingerprint density at radius 3 is 2.55 bits per heavy atom. The zero-order valence-electron chi connectivity index (χ0n) is 15.9. The molecule has 0 spiro atoms. The number of nitrogens with zero attached hydrogens (tertiary/aromatic N) is 2. The van der Waals surface area contributed by atoms with Gasteiger partial charge in [-0.05, 0) is 24.3 Å². The molecule has 1 amide bonds. The number of hydrogen-bond donors (Lipinski definition) is 1. The molecular formula is C20H20ClN3O3S2. The number of aromatic nitrogens is 1. The fourth-order valence-electron chi connectivity index (χ4n) is 2.80. The lowest BCUT2D eigenvalue weighted by atomic mass is 10.2. The number of amides is 1. The van der Waals surface area contributed by atoms with E-state index in [9.17, 15) is 13.2 Å². The van der Waals surface area contributed by atoms with Crippen LogP contribution in [0.2, 0.25) is 5.02 Å². The number of thiazole rings is 1. The second kappa shape index (κ2) is 9.04. The van der Waals surface area contributed by atoms with Crippen molar-refractivity contribution in [1.29, 1.82) is 0 Å². The van der Waals surface area contributed by atoms with E-state index in [0.29, 0.717) is 28.9 Å². The predicted octanol–water partition coefficient (Wildman–Crippen LogP) is 4.75. The molecular weight excluding hydrogens is 430 g/mol. The summed E-state index contributed by atoms with van der Waals surface area (Å²) in [7, 11) is -3.64. The summed E-state index contributed by atoms with van der Waals surface area (Å²) in [6.45, 7) is 4.27. The number of benzene rings is 2. The molecule has 1 heterocycles. The van der Waals surface area contributed by atoms with Crippen molar-refractivity contribution in [2.45, 2.75) is 18.7 Å². The SMILES string of the molecule is CCN(CC)S(=O)(=O)c1cccc(C(=O)Nc2nc(-c3ccccc3Cl)cs2)c1.